The molecule has 21 heteroatoms. The first-order chi connectivity index (χ1) is 22.3. The Labute approximate surface area is 289 Å². The average molecular weight is 780 g/mol. The molecular formula is C26H41BrCl2N6O12. The molecule has 6 amide bonds. The smallest absolute Gasteiger partial charge is 0.326 e. The molecule has 47 heavy (non-hydrogen) atoms. The van der Waals surface area contributed by atoms with Gasteiger partial charge in [-0.15, -0.1) is 23.2 Å². The van der Waals surface area contributed by atoms with Gasteiger partial charge in [-0.2, -0.15) is 0 Å². The maximum atomic E-state index is 13.4. The second kappa shape index (κ2) is 26.8. The van der Waals surface area contributed by atoms with Crippen LogP contribution < -0.4 is 26.6 Å². The summed E-state index contributed by atoms with van der Waals surface area (Å²) in [6.07, 6.45) is -1.63. The van der Waals surface area contributed by atoms with Crippen LogP contribution in [0, 0.1) is 0 Å². The van der Waals surface area contributed by atoms with Crippen molar-refractivity contribution in [2.75, 3.05) is 76.2 Å². The van der Waals surface area contributed by atoms with Gasteiger partial charge in [-0.05, 0) is 12.8 Å². The normalized spacial score (nSPS) is 11.8. The van der Waals surface area contributed by atoms with E-state index in [1.807, 2.05) is 0 Å². The number of hydrogen-bond acceptors (Lipinski definition) is 10. The number of carbonyl (C=O) groups excluding carboxylic acids is 6. The fourth-order valence-corrected chi connectivity index (χ4v) is 3.95. The topological polar surface area (TPSA) is 259 Å². The van der Waals surface area contributed by atoms with Crippen molar-refractivity contribution in [1.29, 1.82) is 0 Å². The van der Waals surface area contributed by atoms with E-state index in [0.717, 1.165) is 0 Å². The maximum Gasteiger partial charge on any atom is 0.326 e. The standard InChI is InChI=1S/C26H41BrCl2N6O12/c27-13-20(37)32-7-10-46-11-12-47-16-23(40)34-18(26(44)45)1-3-19(36)33-17(2-4-24(41)42)25(43)35(8-5-30-21(38)14-28)9-6-31-22(39)15-29/h17-18H,1-16H2,(H,30,38)(H,31,39)(H,32,37)(H,33,36)(H,34,40)(H,41,42)(H,44,45)/t17-,18+/m0/s1. The number of nitrogens with zero attached hydrogens (tertiary/aromatic N) is 1. The van der Waals surface area contributed by atoms with Crippen LogP contribution in [0.1, 0.15) is 25.7 Å². The molecule has 0 saturated carbocycles. The molecule has 0 aliphatic rings. The molecule has 0 aromatic rings. The van der Waals surface area contributed by atoms with Crippen LogP contribution in [0.5, 0.6) is 0 Å². The van der Waals surface area contributed by atoms with Gasteiger partial charge in [-0.1, -0.05) is 15.9 Å². The lowest BCUT2D eigenvalue weighted by Gasteiger charge is -2.28. The maximum absolute atomic E-state index is 13.4. The van der Waals surface area contributed by atoms with Crippen LogP contribution >= 0.6 is 39.1 Å². The fourth-order valence-electron chi connectivity index (χ4n) is 3.56. The van der Waals surface area contributed by atoms with Crippen molar-refractivity contribution in [2.24, 2.45) is 0 Å². The molecule has 0 radical (unpaired) electrons. The Balaban J connectivity index is 5.09. The van der Waals surface area contributed by atoms with Crippen molar-refractivity contribution in [2.45, 2.75) is 37.8 Å². The van der Waals surface area contributed by atoms with E-state index in [1.165, 1.54) is 4.90 Å². The predicted molar refractivity (Wildman–Crippen MR) is 170 cm³/mol. The number of carboxylic acids is 2. The van der Waals surface area contributed by atoms with Crippen LogP contribution in [0.3, 0.4) is 0 Å². The first-order valence-electron chi connectivity index (χ1n) is 14.3. The summed E-state index contributed by atoms with van der Waals surface area (Å²) in [5, 5.41) is 31.0. The molecule has 0 heterocycles. The van der Waals surface area contributed by atoms with E-state index in [4.69, 9.17) is 37.8 Å². The van der Waals surface area contributed by atoms with Crippen LogP contribution in [-0.2, 0) is 47.8 Å². The fraction of sp³-hybridized carbons (Fsp3) is 0.692. The van der Waals surface area contributed by atoms with Crippen LogP contribution in [0.4, 0.5) is 0 Å². The summed E-state index contributed by atoms with van der Waals surface area (Å²) >= 11 is 13.9. The van der Waals surface area contributed by atoms with Crippen LogP contribution in [-0.4, -0.2) is 151 Å². The lowest BCUT2D eigenvalue weighted by Crippen LogP contribution is -2.52. The summed E-state index contributed by atoms with van der Waals surface area (Å²) < 4.78 is 10.4. The van der Waals surface area contributed by atoms with Gasteiger partial charge in [0.2, 0.25) is 35.4 Å². The van der Waals surface area contributed by atoms with Crippen molar-refractivity contribution in [3.8, 4) is 0 Å². The molecule has 268 valence electrons. The molecule has 0 aromatic carbocycles. The van der Waals surface area contributed by atoms with E-state index >= 15 is 0 Å². The summed E-state index contributed by atoms with van der Waals surface area (Å²) in [6.45, 7) is -0.0688. The van der Waals surface area contributed by atoms with Gasteiger partial charge in [0.1, 0.15) is 30.5 Å². The van der Waals surface area contributed by atoms with Crippen molar-refractivity contribution >= 4 is 86.5 Å². The Bertz CT molecular complexity index is 1040. The molecule has 2 atom stereocenters. The van der Waals surface area contributed by atoms with Gasteiger partial charge < -0.3 is 51.2 Å². The molecule has 0 saturated heterocycles. The van der Waals surface area contributed by atoms with Gasteiger partial charge in [0, 0.05) is 45.6 Å². The first kappa shape index (κ1) is 43.7. The van der Waals surface area contributed by atoms with Gasteiger partial charge in [-0.3, -0.25) is 33.6 Å². The van der Waals surface area contributed by atoms with Crippen molar-refractivity contribution < 1.29 is 58.0 Å². The minimum atomic E-state index is -1.48. The third kappa shape index (κ3) is 22.8. The highest BCUT2D eigenvalue weighted by molar-refractivity contribution is 9.09. The number of ether oxygens (including phenoxy) is 2. The summed E-state index contributed by atoms with van der Waals surface area (Å²) in [4.78, 5) is 96.5. The molecule has 7 N–H and O–H groups in total. The van der Waals surface area contributed by atoms with Gasteiger partial charge in [-0.25, -0.2) is 4.79 Å². The monoisotopic (exact) mass is 778 g/mol. The third-order valence-electron chi connectivity index (χ3n) is 5.83. The van der Waals surface area contributed by atoms with Crippen LogP contribution in [0.25, 0.3) is 0 Å². The molecular weight excluding hydrogens is 739 g/mol. The number of halogens is 3. The van der Waals surface area contributed by atoms with Crippen LogP contribution in [0.15, 0.2) is 0 Å². The quantitative estimate of drug-likeness (QED) is 0.0345. The highest BCUT2D eigenvalue weighted by atomic mass is 79.9. The van der Waals surface area contributed by atoms with Crippen molar-refractivity contribution in [1.82, 2.24) is 31.5 Å². The van der Waals surface area contributed by atoms with E-state index in [0.29, 0.717) is 0 Å². The molecule has 0 unspecified atom stereocenters. The first-order valence-corrected chi connectivity index (χ1v) is 16.5. The van der Waals surface area contributed by atoms with Crippen molar-refractivity contribution in [3.05, 3.63) is 0 Å². The minimum Gasteiger partial charge on any atom is -0.481 e. The minimum absolute atomic E-state index is 0.0148. The van der Waals surface area contributed by atoms with E-state index in [9.17, 15) is 43.5 Å². The summed E-state index contributed by atoms with van der Waals surface area (Å²) in [6, 6.07) is -2.83. The second-order valence-electron chi connectivity index (χ2n) is 9.49. The van der Waals surface area contributed by atoms with E-state index < -0.39 is 73.0 Å². The lowest BCUT2D eigenvalue weighted by atomic mass is 10.1. The Kier molecular flexibility index (Phi) is 24.9. The molecule has 0 spiro atoms. The Morgan fingerprint density at radius 2 is 1.19 bits per heavy atom. The highest BCUT2D eigenvalue weighted by Crippen LogP contribution is 2.06. The number of amides is 6. The van der Waals surface area contributed by atoms with Crippen LogP contribution in [0.2, 0.25) is 0 Å². The number of alkyl halides is 3. The third-order valence-corrected chi connectivity index (χ3v) is 6.83. The molecule has 0 aliphatic heterocycles. The summed E-state index contributed by atoms with van der Waals surface area (Å²) in [5.74, 6) is -6.80. The van der Waals surface area contributed by atoms with Gasteiger partial charge in [0.25, 0.3) is 0 Å². The van der Waals surface area contributed by atoms with E-state index in [2.05, 4.69) is 42.5 Å². The van der Waals surface area contributed by atoms with Crippen molar-refractivity contribution in [3.63, 3.8) is 0 Å². The van der Waals surface area contributed by atoms with E-state index in [1.54, 1.807) is 0 Å². The molecule has 18 nitrogen and oxygen atoms in total. The molecule has 0 aliphatic carbocycles. The van der Waals surface area contributed by atoms with Gasteiger partial charge >= 0.3 is 11.9 Å². The van der Waals surface area contributed by atoms with Gasteiger partial charge in [0.15, 0.2) is 0 Å². The predicted octanol–water partition coefficient (Wildman–Crippen LogP) is -2.23. The number of carboxylic acid groups (broad SMARTS) is 2. The molecule has 0 aromatic heterocycles. The zero-order chi connectivity index (χ0) is 35.6. The zero-order valence-corrected chi connectivity index (χ0v) is 28.6. The lowest BCUT2D eigenvalue weighted by molar-refractivity contribution is -0.143. The Hall–Kier alpha value is -3.26. The molecule has 0 rings (SSSR count). The van der Waals surface area contributed by atoms with E-state index in [-0.39, 0.29) is 88.4 Å². The average Bonchev–Trinajstić information content (AvgIpc) is 3.04. The largest absolute Gasteiger partial charge is 0.481 e. The Morgan fingerprint density at radius 1 is 0.660 bits per heavy atom. The SMILES string of the molecule is O=C(O)CC[C@H](NC(=O)CC[C@@H](NC(=O)COCCOCCNC(=O)CBr)C(=O)O)C(=O)N(CCNC(=O)CCl)CCNC(=O)CCl. The number of nitrogens with one attached hydrogen (secondary N) is 5. The summed E-state index contributed by atoms with van der Waals surface area (Å²) in [5.41, 5.74) is 0. The number of rotatable bonds is 27. The molecule has 0 bridgehead atoms. The summed E-state index contributed by atoms with van der Waals surface area (Å²) in [7, 11) is 0. The zero-order valence-electron chi connectivity index (χ0n) is 25.5. The molecule has 0 fully saturated rings. The number of hydrogen-bond donors (Lipinski definition) is 7. The highest BCUT2D eigenvalue weighted by Gasteiger charge is 2.28. The van der Waals surface area contributed by atoms with Gasteiger partial charge in [0.05, 0.1) is 25.2 Å². The number of carbonyl (C=O) groups is 8. The second-order valence-corrected chi connectivity index (χ2v) is 10.6. The Morgan fingerprint density at radius 3 is 1.72 bits per heavy atom. The number of aliphatic carboxylic acids is 2.